The lowest BCUT2D eigenvalue weighted by Gasteiger charge is -2.34. The fourth-order valence-corrected chi connectivity index (χ4v) is 2.96. The Labute approximate surface area is 140 Å². The Balaban J connectivity index is 1.43. The van der Waals surface area contributed by atoms with Crippen LogP contribution < -0.4 is 15.5 Å². The molecule has 128 valence electrons. The van der Waals surface area contributed by atoms with Crippen LogP contribution in [0.3, 0.4) is 0 Å². The topological polar surface area (TPSA) is 57.5 Å². The predicted molar refractivity (Wildman–Crippen MR) is 90.5 cm³/mol. The molecular weight excluding hydrogens is 309 g/mol. The molecule has 3 rings (SSSR count). The fraction of sp³-hybridized carbons (Fsp3) is 0.389. The van der Waals surface area contributed by atoms with Gasteiger partial charge < -0.3 is 20.0 Å². The number of rotatable bonds is 4. The molecule has 1 aliphatic heterocycles. The summed E-state index contributed by atoms with van der Waals surface area (Å²) < 4.78 is 18.5. The molecular formula is C18H22FN3O2. The van der Waals surface area contributed by atoms with Crippen LogP contribution in [0.15, 0.2) is 41.0 Å². The van der Waals surface area contributed by atoms with Gasteiger partial charge in [0.1, 0.15) is 11.6 Å². The molecule has 0 aliphatic carbocycles. The van der Waals surface area contributed by atoms with Crippen LogP contribution >= 0.6 is 0 Å². The number of hydrogen-bond donors (Lipinski definition) is 2. The third-order valence-electron chi connectivity index (χ3n) is 4.41. The Morgan fingerprint density at radius 2 is 2.12 bits per heavy atom. The summed E-state index contributed by atoms with van der Waals surface area (Å²) in [6, 6.07) is 8.46. The summed E-state index contributed by atoms with van der Waals surface area (Å²) in [7, 11) is 0. The maximum Gasteiger partial charge on any atom is 0.315 e. The molecule has 0 spiro atoms. The van der Waals surface area contributed by atoms with Crippen molar-refractivity contribution in [2.75, 3.05) is 18.0 Å². The molecule has 2 aromatic rings. The summed E-state index contributed by atoms with van der Waals surface area (Å²) in [6.45, 7) is 3.93. The zero-order chi connectivity index (χ0) is 16.9. The fourth-order valence-electron chi connectivity index (χ4n) is 2.96. The highest BCUT2D eigenvalue weighted by atomic mass is 19.1. The Morgan fingerprint density at radius 1 is 1.33 bits per heavy atom. The lowest BCUT2D eigenvalue weighted by atomic mass is 10.0. The van der Waals surface area contributed by atoms with E-state index in [2.05, 4.69) is 15.5 Å². The molecule has 0 bridgehead atoms. The zero-order valence-corrected chi connectivity index (χ0v) is 13.7. The minimum absolute atomic E-state index is 0.139. The summed E-state index contributed by atoms with van der Waals surface area (Å²) in [5.41, 5.74) is 1.87. The van der Waals surface area contributed by atoms with E-state index in [4.69, 9.17) is 4.42 Å². The number of furan rings is 1. The van der Waals surface area contributed by atoms with Crippen molar-refractivity contribution in [3.8, 4) is 0 Å². The lowest BCUT2D eigenvalue weighted by Crippen LogP contribution is -2.47. The predicted octanol–water partition coefficient (Wildman–Crippen LogP) is 3.20. The minimum atomic E-state index is -0.221. The van der Waals surface area contributed by atoms with E-state index in [9.17, 15) is 9.18 Å². The first-order valence-electron chi connectivity index (χ1n) is 8.19. The van der Waals surface area contributed by atoms with Gasteiger partial charge in [0.15, 0.2) is 0 Å². The second kappa shape index (κ2) is 7.38. The maximum absolute atomic E-state index is 13.3. The van der Waals surface area contributed by atoms with Gasteiger partial charge in [-0.2, -0.15) is 0 Å². The van der Waals surface area contributed by atoms with Gasteiger partial charge in [-0.05, 0) is 44.0 Å². The van der Waals surface area contributed by atoms with Crippen molar-refractivity contribution in [2.24, 2.45) is 0 Å². The van der Waals surface area contributed by atoms with Gasteiger partial charge in [-0.15, -0.1) is 0 Å². The Morgan fingerprint density at radius 3 is 2.79 bits per heavy atom. The molecule has 6 heteroatoms. The second-order valence-corrected chi connectivity index (χ2v) is 6.07. The van der Waals surface area contributed by atoms with E-state index in [0.717, 1.165) is 42.9 Å². The molecule has 0 radical (unpaired) electrons. The van der Waals surface area contributed by atoms with E-state index in [1.807, 2.05) is 19.1 Å². The van der Waals surface area contributed by atoms with Crippen molar-refractivity contribution < 1.29 is 13.6 Å². The molecule has 1 aromatic carbocycles. The van der Waals surface area contributed by atoms with E-state index in [1.165, 1.54) is 6.07 Å². The van der Waals surface area contributed by atoms with Crippen LogP contribution in [-0.4, -0.2) is 25.2 Å². The molecule has 0 saturated carbocycles. The number of carbonyl (C=O) groups excluding carboxylic acids is 1. The normalized spacial score (nSPS) is 15.3. The molecule has 0 unspecified atom stereocenters. The van der Waals surface area contributed by atoms with Gasteiger partial charge in [0, 0.05) is 36.9 Å². The summed E-state index contributed by atoms with van der Waals surface area (Å²) >= 11 is 0. The quantitative estimate of drug-likeness (QED) is 0.904. The minimum Gasteiger partial charge on any atom is -0.469 e. The average molecular weight is 331 g/mol. The standard InChI is InChI=1S/C18H22FN3O2/c1-13-14(7-10-24-13)12-20-18(23)21-16-5-8-22(9-6-16)17-4-2-3-15(19)11-17/h2-4,7,10-11,16H,5-6,8-9,12H2,1H3,(H2,20,21,23). The molecule has 2 heterocycles. The van der Waals surface area contributed by atoms with E-state index < -0.39 is 0 Å². The number of anilines is 1. The highest BCUT2D eigenvalue weighted by Crippen LogP contribution is 2.20. The van der Waals surface area contributed by atoms with E-state index in [0.29, 0.717) is 6.54 Å². The van der Waals surface area contributed by atoms with Gasteiger partial charge in [0.2, 0.25) is 0 Å². The van der Waals surface area contributed by atoms with Crippen LogP contribution in [0.25, 0.3) is 0 Å². The van der Waals surface area contributed by atoms with E-state index >= 15 is 0 Å². The SMILES string of the molecule is Cc1occc1CNC(=O)NC1CCN(c2cccc(F)c2)CC1. The van der Waals surface area contributed by atoms with Crippen molar-refractivity contribution in [3.05, 3.63) is 53.7 Å². The molecule has 1 fully saturated rings. The van der Waals surface area contributed by atoms with Crippen molar-refractivity contribution in [1.29, 1.82) is 0 Å². The van der Waals surface area contributed by atoms with Crippen molar-refractivity contribution in [2.45, 2.75) is 32.4 Å². The van der Waals surface area contributed by atoms with Gasteiger partial charge in [-0.1, -0.05) is 6.07 Å². The third-order valence-corrected chi connectivity index (χ3v) is 4.41. The first kappa shape index (κ1) is 16.4. The van der Waals surface area contributed by atoms with Gasteiger partial charge in [0.05, 0.1) is 6.26 Å². The lowest BCUT2D eigenvalue weighted by molar-refractivity contribution is 0.234. The first-order valence-corrected chi connectivity index (χ1v) is 8.19. The smallest absolute Gasteiger partial charge is 0.315 e. The zero-order valence-electron chi connectivity index (χ0n) is 13.7. The van der Waals surface area contributed by atoms with Gasteiger partial charge in [-0.25, -0.2) is 9.18 Å². The van der Waals surface area contributed by atoms with Crippen molar-refractivity contribution >= 4 is 11.7 Å². The Kier molecular flexibility index (Phi) is 5.03. The Hall–Kier alpha value is -2.50. The average Bonchev–Trinajstić information content (AvgIpc) is 2.99. The summed E-state index contributed by atoms with van der Waals surface area (Å²) in [6.07, 6.45) is 3.30. The molecule has 2 N–H and O–H groups in total. The molecule has 5 nitrogen and oxygen atoms in total. The van der Waals surface area contributed by atoms with Gasteiger partial charge in [0.25, 0.3) is 0 Å². The number of hydrogen-bond acceptors (Lipinski definition) is 3. The summed E-state index contributed by atoms with van der Waals surface area (Å²) in [5, 5.41) is 5.85. The first-order chi connectivity index (χ1) is 11.6. The van der Waals surface area contributed by atoms with Crippen molar-refractivity contribution in [3.63, 3.8) is 0 Å². The maximum atomic E-state index is 13.3. The molecule has 24 heavy (non-hydrogen) atoms. The molecule has 2 amide bonds. The largest absolute Gasteiger partial charge is 0.469 e. The number of nitrogens with one attached hydrogen (secondary N) is 2. The number of carbonyl (C=O) groups is 1. The molecule has 0 atom stereocenters. The number of benzene rings is 1. The third kappa shape index (κ3) is 4.07. The molecule has 1 aromatic heterocycles. The van der Waals surface area contributed by atoms with Crippen LogP contribution in [-0.2, 0) is 6.54 Å². The summed E-state index contributed by atoms with van der Waals surface area (Å²) in [4.78, 5) is 14.1. The monoisotopic (exact) mass is 331 g/mol. The second-order valence-electron chi connectivity index (χ2n) is 6.07. The molecule has 1 aliphatic rings. The van der Waals surface area contributed by atoms with Crippen LogP contribution in [0.2, 0.25) is 0 Å². The number of urea groups is 1. The van der Waals surface area contributed by atoms with Crippen LogP contribution in [0, 0.1) is 12.7 Å². The number of amides is 2. The highest BCUT2D eigenvalue weighted by molar-refractivity contribution is 5.74. The van der Waals surface area contributed by atoms with E-state index in [-0.39, 0.29) is 17.9 Å². The van der Waals surface area contributed by atoms with Gasteiger partial charge >= 0.3 is 6.03 Å². The number of piperidine rings is 1. The number of nitrogens with zero attached hydrogens (tertiary/aromatic N) is 1. The highest BCUT2D eigenvalue weighted by Gasteiger charge is 2.21. The van der Waals surface area contributed by atoms with Crippen molar-refractivity contribution in [1.82, 2.24) is 10.6 Å². The number of halogens is 1. The van der Waals surface area contributed by atoms with Gasteiger partial charge in [-0.3, -0.25) is 0 Å². The van der Waals surface area contributed by atoms with Crippen LogP contribution in [0.4, 0.5) is 14.9 Å². The van der Waals surface area contributed by atoms with Crippen LogP contribution in [0.1, 0.15) is 24.2 Å². The van der Waals surface area contributed by atoms with E-state index in [1.54, 1.807) is 18.4 Å². The molecule has 1 saturated heterocycles. The number of aryl methyl sites for hydroxylation is 1. The Bertz CT molecular complexity index is 693. The summed E-state index contributed by atoms with van der Waals surface area (Å²) in [5.74, 6) is 0.598. The van der Waals surface area contributed by atoms with Crippen LogP contribution in [0.5, 0.6) is 0 Å².